The minimum atomic E-state index is -0.0859. The molecule has 26 heavy (non-hydrogen) atoms. The van der Waals surface area contributed by atoms with Crippen LogP contribution in [0.3, 0.4) is 0 Å². The van der Waals surface area contributed by atoms with Crippen LogP contribution in [0.1, 0.15) is 44.1 Å². The average molecular weight is 343 g/mol. The van der Waals surface area contributed by atoms with Crippen molar-refractivity contribution in [2.45, 2.75) is 32.7 Å². The van der Waals surface area contributed by atoms with Crippen LogP contribution in [0.2, 0.25) is 0 Å². The van der Waals surface area contributed by atoms with Crippen molar-refractivity contribution in [3.8, 4) is 0 Å². The number of ketones is 1. The average Bonchev–Trinajstić information content (AvgIpc) is 3.14. The Kier molecular flexibility index (Phi) is 3.17. The molecule has 3 aromatic rings. The fraction of sp³-hybridized carbons (Fsp3) is 0.261. The number of nitrogens with one attached hydrogen (secondary N) is 1. The van der Waals surface area contributed by atoms with E-state index in [0.29, 0.717) is 6.42 Å². The number of Topliss-reactive ketones (excluding diaryl/α,β-unsaturated/α-hetero) is 1. The van der Waals surface area contributed by atoms with Crippen molar-refractivity contribution in [3.05, 3.63) is 71.7 Å². The monoisotopic (exact) mass is 343 g/mol. The topological polar surface area (TPSA) is 42.2 Å². The van der Waals surface area contributed by atoms with Crippen molar-refractivity contribution >= 4 is 27.8 Å². The van der Waals surface area contributed by atoms with Gasteiger partial charge in [0.1, 0.15) is 11.8 Å². The van der Waals surface area contributed by atoms with E-state index in [1.807, 2.05) is 24.3 Å². The second-order valence-electron chi connectivity index (χ2n) is 8.14. The van der Waals surface area contributed by atoms with Gasteiger partial charge in [0, 0.05) is 23.2 Å². The van der Waals surface area contributed by atoms with Crippen molar-refractivity contribution < 1.29 is 9.21 Å². The standard InChI is InChI=1S/C23H21NO2/c1-23(2)12-16-21(18(25)13-23)20-15-7-4-3-6-14(15)9-10-17(20)24-22(16)19-8-5-11-26-19/h3-11,22,24H,12-13H2,1-2H3. The Labute approximate surface area is 152 Å². The molecule has 0 saturated heterocycles. The van der Waals surface area contributed by atoms with Gasteiger partial charge in [-0.1, -0.05) is 44.2 Å². The number of anilines is 1. The molecule has 1 atom stereocenters. The van der Waals surface area contributed by atoms with E-state index in [4.69, 9.17) is 4.42 Å². The number of carbonyl (C=O) groups excluding carboxylic acids is 1. The molecule has 2 aromatic carbocycles. The Morgan fingerprint density at radius 1 is 1.04 bits per heavy atom. The SMILES string of the molecule is CC1(C)CC(=O)C2=C(C1)C(c1ccco1)Nc1ccc3ccccc3c12. The maximum absolute atomic E-state index is 13.2. The lowest BCUT2D eigenvalue weighted by atomic mass is 9.68. The summed E-state index contributed by atoms with van der Waals surface area (Å²) in [6, 6.07) is 16.3. The third kappa shape index (κ3) is 2.23. The first kappa shape index (κ1) is 15.4. The molecule has 1 N–H and O–H groups in total. The van der Waals surface area contributed by atoms with Crippen LogP contribution in [0.5, 0.6) is 0 Å². The number of allylic oxidation sites excluding steroid dienone is 1. The lowest BCUT2D eigenvalue weighted by Crippen LogP contribution is -2.32. The largest absolute Gasteiger partial charge is 0.467 e. The second-order valence-corrected chi connectivity index (χ2v) is 8.14. The fourth-order valence-corrected chi connectivity index (χ4v) is 4.52. The van der Waals surface area contributed by atoms with Gasteiger partial charge in [-0.2, -0.15) is 0 Å². The summed E-state index contributed by atoms with van der Waals surface area (Å²) in [6.07, 6.45) is 3.16. The van der Waals surface area contributed by atoms with E-state index in [9.17, 15) is 4.79 Å². The highest BCUT2D eigenvalue weighted by molar-refractivity contribution is 6.28. The molecule has 130 valence electrons. The van der Waals surface area contributed by atoms with Gasteiger partial charge in [-0.3, -0.25) is 4.79 Å². The van der Waals surface area contributed by atoms with Crippen molar-refractivity contribution in [3.63, 3.8) is 0 Å². The molecule has 3 heteroatoms. The zero-order chi connectivity index (χ0) is 17.9. The van der Waals surface area contributed by atoms with Crippen LogP contribution in [-0.2, 0) is 4.79 Å². The van der Waals surface area contributed by atoms with Gasteiger partial charge >= 0.3 is 0 Å². The van der Waals surface area contributed by atoms with Gasteiger partial charge in [-0.05, 0) is 46.4 Å². The zero-order valence-corrected chi connectivity index (χ0v) is 15.0. The number of hydrogen-bond donors (Lipinski definition) is 1. The molecule has 0 spiro atoms. The molecule has 3 nitrogen and oxygen atoms in total. The van der Waals surface area contributed by atoms with Crippen molar-refractivity contribution in [1.82, 2.24) is 0 Å². The summed E-state index contributed by atoms with van der Waals surface area (Å²) in [5.74, 6) is 1.11. The lowest BCUT2D eigenvalue weighted by Gasteiger charge is -2.39. The predicted octanol–water partition coefficient (Wildman–Crippen LogP) is 5.74. The van der Waals surface area contributed by atoms with Crippen molar-refractivity contribution in [2.75, 3.05) is 5.32 Å². The van der Waals surface area contributed by atoms with Crippen LogP contribution in [-0.4, -0.2) is 5.78 Å². The highest BCUT2D eigenvalue weighted by Gasteiger charge is 2.41. The van der Waals surface area contributed by atoms with Gasteiger partial charge in [0.15, 0.2) is 5.78 Å². The molecule has 1 aliphatic heterocycles. The molecule has 0 fully saturated rings. The molecule has 5 rings (SSSR count). The molecular formula is C23H21NO2. The van der Waals surface area contributed by atoms with Crippen LogP contribution >= 0.6 is 0 Å². The quantitative estimate of drug-likeness (QED) is 0.612. The number of fused-ring (bicyclic) bond motifs is 4. The number of furan rings is 1. The summed E-state index contributed by atoms with van der Waals surface area (Å²) in [4.78, 5) is 13.2. The first-order valence-corrected chi connectivity index (χ1v) is 9.12. The molecule has 2 heterocycles. The van der Waals surface area contributed by atoms with Gasteiger partial charge in [0.25, 0.3) is 0 Å². The van der Waals surface area contributed by atoms with Crippen molar-refractivity contribution in [2.24, 2.45) is 5.41 Å². The molecule has 0 amide bonds. The Morgan fingerprint density at radius 2 is 1.88 bits per heavy atom. The highest BCUT2D eigenvalue weighted by Crippen LogP contribution is 2.51. The van der Waals surface area contributed by atoms with Crippen LogP contribution in [0.4, 0.5) is 5.69 Å². The minimum Gasteiger partial charge on any atom is -0.467 e. The van der Waals surface area contributed by atoms with Gasteiger partial charge in [0.05, 0.1) is 6.26 Å². The predicted molar refractivity (Wildman–Crippen MR) is 104 cm³/mol. The molecule has 2 aliphatic rings. The first-order chi connectivity index (χ1) is 12.5. The summed E-state index contributed by atoms with van der Waals surface area (Å²) < 4.78 is 5.72. The highest BCUT2D eigenvalue weighted by atomic mass is 16.3. The zero-order valence-electron chi connectivity index (χ0n) is 15.0. The summed E-state index contributed by atoms with van der Waals surface area (Å²) in [5, 5.41) is 5.94. The molecular weight excluding hydrogens is 322 g/mol. The molecule has 0 radical (unpaired) electrons. The maximum atomic E-state index is 13.2. The van der Waals surface area contributed by atoms with Crippen molar-refractivity contribution in [1.29, 1.82) is 0 Å². The summed E-state index contributed by atoms with van der Waals surface area (Å²) in [5.41, 5.74) is 4.09. The first-order valence-electron chi connectivity index (χ1n) is 9.12. The summed E-state index contributed by atoms with van der Waals surface area (Å²) in [6.45, 7) is 4.35. The number of carbonyl (C=O) groups is 1. The smallest absolute Gasteiger partial charge is 0.164 e. The molecule has 1 aromatic heterocycles. The van der Waals surface area contributed by atoms with Crippen LogP contribution < -0.4 is 5.32 Å². The Balaban J connectivity index is 1.83. The molecule has 0 bridgehead atoms. The van der Waals surface area contributed by atoms with Crippen LogP contribution in [0.15, 0.2) is 64.8 Å². The Bertz CT molecular complexity index is 1060. The van der Waals surface area contributed by atoms with E-state index in [1.54, 1.807) is 6.26 Å². The van der Waals surface area contributed by atoms with Crippen LogP contribution in [0, 0.1) is 5.41 Å². The Morgan fingerprint density at radius 3 is 2.69 bits per heavy atom. The van der Waals surface area contributed by atoms with E-state index < -0.39 is 0 Å². The fourth-order valence-electron chi connectivity index (χ4n) is 4.52. The summed E-state index contributed by atoms with van der Waals surface area (Å²) >= 11 is 0. The lowest BCUT2D eigenvalue weighted by molar-refractivity contribution is -0.116. The maximum Gasteiger partial charge on any atom is 0.164 e. The number of hydrogen-bond acceptors (Lipinski definition) is 3. The van der Waals surface area contributed by atoms with Crippen LogP contribution in [0.25, 0.3) is 16.3 Å². The second kappa shape index (κ2) is 5.34. The Hall–Kier alpha value is -2.81. The number of benzene rings is 2. The minimum absolute atomic E-state index is 0.0372. The third-order valence-electron chi connectivity index (χ3n) is 5.56. The van der Waals surface area contributed by atoms with E-state index in [0.717, 1.165) is 45.4 Å². The van der Waals surface area contributed by atoms with E-state index in [-0.39, 0.29) is 17.2 Å². The third-order valence-corrected chi connectivity index (χ3v) is 5.56. The van der Waals surface area contributed by atoms with E-state index in [1.165, 1.54) is 0 Å². The molecule has 1 aliphatic carbocycles. The summed E-state index contributed by atoms with van der Waals surface area (Å²) in [7, 11) is 0. The van der Waals surface area contributed by atoms with Gasteiger partial charge in [-0.25, -0.2) is 0 Å². The van der Waals surface area contributed by atoms with Gasteiger partial charge in [0.2, 0.25) is 0 Å². The molecule has 0 saturated carbocycles. The molecule has 1 unspecified atom stereocenters. The van der Waals surface area contributed by atoms with E-state index in [2.05, 4.69) is 43.4 Å². The van der Waals surface area contributed by atoms with Gasteiger partial charge in [-0.15, -0.1) is 0 Å². The van der Waals surface area contributed by atoms with E-state index >= 15 is 0 Å². The normalized spacial score (nSPS) is 21.3. The van der Waals surface area contributed by atoms with Gasteiger partial charge < -0.3 is 9.73 Å². The number of rotatable bonds is 1.